The molecule has 130 valence electrons. The Morgan fingerprint density at radius 3 is 2.16 bits per heavy atom. The number of likely N-dealkylation sites (N-methyl/N-ethyl adjacent to an activating group) is 1. The minimum Gasteiger partial charge on any atom is -0.323 e. The Labute approximate surface area is 151 Å². The lowest BCUT2D eigenvalue weighted by Gasteiger charge is -2.34. The zero-order valence-corrected chi connectivity index (χ0v) is 14.8. The molecule has 0 unspecified atom stereocenters. The van der Waals surface area contributed by atoms with Crippen LogP contribution in [0.25, 0.3) is 5.70 Å². The van der Waals surface area contributed by atoms with Crippen LogP contribution in [0, 0.1) is 0 Å². The molecule has 0 fully saturated rings. The van der Waals surface area contributed by atoms with Crippen LogP contribution in [0.2, 0.25) is 0 Å². The third kappa shape index (κ3) is 3.56. The molecule has 0 aliphatic carbocycles. The molecule has 3 nitrogen and oxygen atoms in total. The predicted octanol–water partition coefficient (Wildman–Crippen LogP) is 5.38. The molecule has 0 saturated heterocycles. The molecule has 0 aromatic heterocycles. The lowest BCUT2D eigenvalue weighted by atomic mass is 10.1. The number of nitrogens with zero attached hydrogens (tertiary/aromatic N) is 2. The van der Waals surface area contributed by atoms with E-state index in [1.54, 1.807) is 19.2 Å². The first-order valence-electron chi connectivity index (χ1n) is 7.46. The molecule has 1 aliphatic heterocycles. The van der Waals surface area contributed by atoms with Crippen LogP contribution in [0.1, 0.15) is 11.1 Å². The average molecular weight is 411 g/mol. The summed E-state index contributed by atoms with van der Waals surface area (Å²) in [5.74, 6) is 0. The number of hydrogen-bond donors (Lipinski definition) is 0. The molecule has 1 aliphatic rings. The maximum Gasteiger partial charge on any atom is 0.416 e. The molecule has 7 heteroatoms. The van der Waals surface area contributed by atoms with Gasteiger partial charge in [-0.15, -0.1) is 0 Å². The van der Waals surface area contributed by atoms with Crippen LogP contribution in [0.4, 0.5) is 23.7 Å². The highest BCUT2D eigenvalue weighted by atomic mass is 79.9. The molecule has 0 N–H and O–H groups in total. The number of hydrogen-bond acceptors (Lipinski definition) is 1. The SMILES string of the molecule is CN1CC=C(c2ccc(C(F)(F)F)cc2)N(c2ccc(Br)cc2)C1=O. The van der Waals surface area contributed by atoms with Gasteiger partial charge in [-0.05, 0) is 48.0 Å². The molecule has 1 heterocycles. The lowest BCUT2D eigenvalue weighted by Crippen LogP contribution is -2.44. The van der Waals surface area contributed by atoms with Crippen LogP contribution in [0.3, 0.4) is 0 Å². The third-order valence-electron chi connectivity index (χ3n) is 3.91. The molecule has 2 aromatic rings. The normalized spacial score (nSPS) is 15.4. The van der Waals surface area contributed by atoms with Crippen LogP contribution in [0.15, 0.2) is 59.1 Å². The number of carbonyl (C=O) groups is 1. The number of benzene rings is 2. The molecule has 3 rings (SSSR count). The van der Waals surface area contributed by atoms with E-state index in [0.29, 0.717) is 23.5 Å². The monoisotopic (exact) mass is 410 g/mol. The van der Waals surface area contributed by atoms with Crippen molar-refractivity contribution in [2.75, 3.05) is 18.5 Å². The fourth-order valence-electron chi connectivity index (χ4n) is 2.58. The Hall–Kier alpha value is -2.28. The van der Waals surface area contributed by atoms with Crippen molar-refractivity contribution < 1.29 is 18.0 Å². The number of alkyl halides is 3. The van der Waals surface area contributed by atoms with Gasteiger partial charge in [0.25, 0.3) is 0 Å². The standard InChI is InChI=1S/C18H14BrF3N2O/c1-23-11-10-16(12-2-4-13(5-3-12)18(20,21)22)24(17(23)25)15-8-6-14(19)7-9-15/h2-10H,11H2,1H3. The minimum atomic E-state index is -4.39. The zero-order chi connectivity index (χ0) is 18.2. The Kier molecular flexibility index (Phi) is 4.60. The second kappa shape index (κ2) is 6.55. The van der Waals surface area contributed by atoms with Crippen molar-refractivity contribution >= 4 is 33.3 Å². The Morgan fingerprint density at radius 1 is 1.00 bits per heavy atom. The number of amides is 2. The van der Waals surface area contributed by atoms with E-state index in [2.05, 4.69) is 15.9 Å². The molecule has 0 atom stereocenters. The summed E-state index contributed by atoms with van der Waals surface area (Å²) in [6.45, 7) is 0.391. The summed E-state index contributed by atoms with van der Waals surface area (Å²) in [7, 11) is 1.67. The molecule has 0 radical (unpaired) electrons. The summed E-state index contributed by atoms with van der Waals surface area (Å²) in [5, 5.41) is 0. The van der Waals surface area contributed by atoms with Crippen molar-refractivity contribution in [1.82, 2.24) is 4.90 Å². The maximum absolute atomic E-state index is 12.8. The van der Waals surface area contributed by atoms with Crippen LogP contribution in [-0.2, 0) is 6.18 Å². The minimum absolute atomic E-state index is 0.236. The summed E-state index contributed by atoms with van der Waals surface area (Å²) < 4.78 is 39.2. The van der Waals surface area contributed by atoms with E-state index in [9.17, 15) is 18.0 Å². The van der Waals surface area contributed by atoms with E-state index >= 15 is 0 Å². The van der Waals surface area contributed by atoms with E-state index < -0.39 is 11.7 Å². The zero-order valence-electron chi connectivity index (χ0n) is 13.2. The number of urea groups is 1. The molecular formula is C18H14BrF3N2O. The maximum atomic E-state index is 12.8. The second-order valence-electron chi connectivity index (χ2n) is 5.64. The number of carbonyl (C=O) groups excluding carboxylic acids is 1. The van der Waals surface area contributed by atoms with Gasteiger partial charge in [-0.2, -0.15) is 13.2 Å². The van der Waals surface area contributed by atoms with Gasteiger partial charge >= 0.3 is 12.2 Å². The summed E-state index contributed by atoms with van der Waals surface area (Å²) in [4.78, 5) is 15.7. The van der Waals surface area contributed by atoms with Crippen molar-refractivity contribution in [3.8, 4) is 0 Å². The van der Waals surface area contributed by atoms with Crippen molar-refractivity contribution in [3.63, 3.8) is 0 Å². The van der Waals surface area contributed by atoms with Gasteiger partial charge < -0.3 is 4.90 Å². The van der Waals surface area contributed by atoms with Gasteiger partial charge in [0, 0.05) is 18.1 Å². The van der Waals surface area contributed by atoms with Crippen molar-refractivity contribution in [2.45, 2.75) is 6.18 Å². The molecular weight excluding hydrogens is 397 g/mol. The fraction of sp³-hybridized carbons (Fsp3) is 0.167. The summed E-state index contributed by atoms with van der Waals surface area (Å²) in [5.41, 5.74) is 1.05. The van der Waals surface area contributed by atoms with Crippen LogP contribution in [-0.4, -0.2) is 24.5 Å². The summed E-state index contributed by atoms with van der Waals surface area (Å²) in [6, 6.07) is 11.8. The van der Waals surface area contributed by atoms with Crippen molar-refractivity contribution in [2.24, 2.45) is 0 Å². The first-order valence-corrected chi connectivity index (χ1v) is 8.25. The number of rotatable bonds is 2. The number of halogens is 4. The molecule has 0 bridgehead atoms. The van der Waals surface area contributed by atoms with E-state index in [4.69, 9.17) is 0 Å². The van der Waals surface area contributed by atoms with Crippen molar-refractivity contribution in [1.29, 1.82) is 0 Å². The highest BCUT2D eigenvalue weighted by Crippen LogP contribution is 2.34. The van der Waals surface area contributed by atoms with E-state index in [-0.39, 0.29) is 6.03 Å². The average Bonchev–Trinajstić information content (AvgIpc) is 2.57. The predicted molar refractivity (Wildman–Crippen MR) is 94.1 cm³/mol. The lowest BCUT2D eigenvalue weighted by molar-refractivity contribution is -0.137. The topological polar surface area (TPSA) is 23.6 Å². The Morgan fingerprint density at radius 2 is 1.60 bits per heavy atom. The molecule has 2 amide bonds. The van der Waals surface area contributed by atoms with E-state index in [1.807, 2.05) is 18.2 Å². The highest BCUT2D eigenvalue weighted by molar-refractivity contribution is 9.10. The van der Waals surface area contributed by atoms with Gasteiger partial charge in [-0.25, -0.2) is 4.79 Å². The number of anilines is 1. The van der Waals surface area contributed by atoms with Gasteiger partial charge in [0.15, 0.2) is 0 Å². The second-order valence-corrected chi connectivity index (χ2v) is 6.56. The van der Waals surface area contributed by atoms with Gasteiger partial charge in [0.05, 0.1) is 16.9 Å². The first kappa shape index (κ1) is 17.5. The summed E-state index contributed by atoms with van der Waals surface area (Å²) >= 11 is 3.35. The van der Waals surface area contributed by atoms with Crippen molar-refractivity contribution in [3.05, 3.63) is 70.2 Å². The van der Waals surface area contributed by atoms with Crippen LogP contribution < -0.4 is 4.90 Å². The van der Waals surface area contributed by atoms with E-state index in [1.165, 1.54) is 21.9 Å². The smallest absolute Gasteiger partial charge is 0.323 e. The third-order valence-corrected chi connectivity index (χ3v) is 4.44. The Balaban J connectivity index is 2.02. The van der Waals surface area contributed by atoms with Crippen LogP contribution >= 0.6 is 15.9 Å². The molecule has 2 aromatic carbocycles. The highest BCUT2D eigenvalue weighted by Gasteiger charge is 2.31. The quantitative estimate of drug-likeness (QED) is 0.651. The van der Waals surface area contributed by atoms with Gasteiger partial charge in [0.2, 0.25) is 0 Å². The Bertz CT molecular complexity index is 814. The van der Waals surface area contributed by atoms with Gasteiger partial charge in [-0.3, -0.25) is 4.90 Å². The molecule has 0 saturated carbocycles. The largest absolute Gasteiger partial charge is 0.416 e. The van der Waals surface area contributed by atoms with Gasteiger partial charge in [-0.1, -0.05) is 28.1 Å². The first-order chi connectivity index (χ1) is 11.8. The summed E-state index contributed by atoms with van der Waals surface area (Å²) in [6.07, 6.45) is -2.56. The van der Waals surface area contributed by atoms with E-state index in [0.717, 1.165) is 16.6 Å². The van der Waals surface area contributed by atoms with Gasteiger partial charge in [0.1, 0.15) is 0 Å². The van der Waals surface area contributed by atoms with Crippen LogP contribution in [0.5, 0.6) is 0 Å². The molecule has 0 spiro atoms. The fourth-order valence-corrected chi connectivity index (χ4v) is 2.85. The molecule has 25 heavy (non-hydrogen) atoms.